The number of hydrogen-bond acceptors (Lipinski definition) is 4. The molecule has 1 heterocycles. The van der Waals surface area contributed by atoms with Crippen molar-refractivity contribution in [3.8, 4) is 5.75 Å². The van der Waals surface area contributed by atoms with Crippen molar-refractivity contribution in [2.75, 3.05) is 11.9 Å². The number of aryl methyl sites for hydroxylation is 1. The normalized spacial score (nSPS) is 11.3. The van der Waals surface area contributed by atoms with E-state index < -0.39 is 0 Å². The van der Waals surface area contributed by atoms with E-state index in [1.54, 1.807) is 10.7 Å². The van der Waals surface area contributed by atoms with Crippen LogP contribution >= 0.6 is 11.6 Å². The topological polar surface area (TPSA) is 68.2 Å². The Morgan fingerprint density at radius 3 is 2.48 bits per heavy atom. The van der Waals surface area contributed by atoms with Gasteiger partial charge in [-0.15, -0.1) is 0 Å². The first kappa shape index (κ1) is 24.8. The Hall–Kier alpha value is -2.83. The third-order valence-corrected chi connectivity index (χ3v) is 5.29. The zero-order chi connectivity index (χ0) is 24.0. The van der Waals surface area contributed by atoms with Crippen LogP contribution in [-0.2, 0) is 13.1 Å². The van der Waals surface area contributed by atoms with Gasteiger partial charge >= 0.3 is 0 Å². The van der Waals surface area contributed by atoms with E-state index in [2.05, 4.69) is 43.4 Å². The van der Waals surface area contributed by atoms with Gasteiger partial charge in [0.25, 0.3) is 5.91 Å². The lowest BCUT2D eigenvalue weighted by molar-refractivity contribution is 0.102. The van der Waals surface area contributed by atoms with Crippen LogP contribution in [0.3, 0.4) is 0 Å². The Kier molecular flexibility index (Phi) is 8.53. The summed E-state index contributed by atoms with van der Waals surface area (Å²) in [5.74, 6) is 0.948. The van der Waals surface area contributed by atoms with Crippen molar-refractivity contribution in [2.45, 2.75) is 53.8 Å². The molecule has 0 aliphatic rings. The molecule has 6 nitrogen and oxygen atoms in total. The standard InChI is InChI=1S/C26H33ClN4O2/c1-17(2)16-33-25-11-8-22(27)13-21(25)15-31-19(5)12-24(30-31)26(32)29-23-9-6-20(7-10-23)14-28-18(3)4/h6-13,17-18,28H,14-16H2,1-5H3,(H,29,32). The summed E-state index contributed by atoms with van der Waals surface area (Å²) in [6, 6.07) is 15.6. The molecule has 2 N–H and O–H groups in total. The number of nitrogens with zero attached hydrogens (tertiary/aromatic N) is 2. The largest absolute Gasteiger partial charge is 0.493 e. The average molecular weight is 469 g/mol. The van der Waals surface area contributed by atoms with Crippen LogP contribution < -0.4 is 15.4 Å². The molecule has 0 saturated carbocycles. The maximum atomic E-state index is 12.8. The molecule has 0 aliphatic heterocycles. The van der Waals surface area contributed by atoms with Gasteiger partial charge in [-0.2, -0.15) is 5.10 Å². The number of ether oxygens (including phenoxy) is 1. The fourth-order valence-corrected chi connectivity index (χ4v) is 3.43. The molecular formula is C26H33ClN4O2. The molecule has 0 bridgehead atoms. The summed E-state index contributed by atoms with van der Waals surface area (Å²) in [5.41, 5.74) is 4.07. The first-order valence-corrected chi connectivity index (χ1v) is 11.7. The third-order valence-electron chi connectivity index (χ3n) is 5.05. The Morgan fingerprint density at radius 2 is 1.82 bits per heavy atom. The summed E-state index contributed by atoms with van der Waals surface area (Å²) < 4.78 is 7.75. The van der Waals surface area contributed by atoms with Gasteiger partial charge in [-0.3, -0.25) is 9.48 Å². The minimum Gasteiger partial charge on any atom is -0.493 e. The van der Waals surface area contributed by atoms with Gasteiger partial charge in [0, 0.05) is 34.6 Å². The molecule has 176 valence electrons. The Balaban J connectivity index is 1.69. The van der Waals surface area contributed by atoms with Crippen molar-refractivity contribution >= 4 is 23.2 Å². The van der Waals surface area contributed by atoms with Gasteiger partial charge in [0.1, 0.15) is 5.75 Å². The van der Waals surface area contributed by atoms with Gasteiger partial charge in [-0.25, -0.2) is 0 Å². The molecule has 1 aromatic heterocycles. The van der Waals surface area contributed by atoms with Crippen LogP contribution in [0.4, 0.5) is 5.69 Å². The van der Waals surface area contributed by atoms with Crippen molar-refractivity contribution < 1.29 is 9.53 Å². The number of rotatable bonds is 10. The van der Waals surface area contributed by atoms with E-state index in [1.165, 1.54) is 5.56 Å². The molecule has 0 fully saturated rings. The number of halogens is 1. The van der Waals surface area contributed by atoms with E-state index in [1.807, 2.05) is 49.4 Å². The van der Waals surface area contributed by atoms with E-state index in [0.29, 0.717) is 35.8 Å². The highest BCUT2D eigenvalue weighted by molar-refractivity contribution is 6.30. The summed E-state index contributed by atoms with van der Waals surface area (Å²) in [6.07, 6.45) is 0. The smallest absolute Gasteiger partial charge is 0.276 e. The molecule has 0 saturated heterocycles. The lowest BCUT2D eigenvalue weighted by atomic mass is 10.2. The molecular weight excluding hydrogens is 436 g/mol. The highest BCUT2D eigenvalue weighted by atomic mass is 35.5. The van der Waals surface area contributed by atoms with Crippen molar-refractivity contribution in [3.05, 3.63) is 76.1 Å². The van der Waals surface area contributed by atoms with E-state index in [9.17, 15) is 4.79 Å². The lowest BCUT2D eigenvalue weighted by Gasteiger charge is -2.14. The highest BCUT2D eigenvalue weighted by Gasteiger charge is 2.15. The van der Waals surface area contributed by atoms with E-state index in [0.717, 1.165) is 29.2 Å². The first-order chi connectivity index (χ1) is 15.7. The Labute approximate surface area is 201 Å². The van der Waals surface area contributed by atoms with Gasteiger partial charge in [0.05, 0.1) is 13.2 Å². The molecule has 33 heavy (non-hydrogen) atoms. The fraction of sp³-hybridized carbons (Fsp3) is 0.385. The molecule has 3 aromatic rings. The van der Waals surface area contributed by atoms with E-state index >= 15 is 0 Å². The molecule has 1 amide bonds. The number of anilines is 1. The number of hydrogen-bond donors (Lipinski definition) is 2. The maximum absolute atomic E-state index is 12.8. The Bertz CT molecular complexity index is 1070. The van der Waals surface area contributed by atoms with Gasteiger partial charge < -0.3 is 15.4 Å². The molecule has 0 aliphatic carbocycles. The predicted molar refractivity (Wildman–Crippen MR) is 134 cm³/mol. The molecule has 0 unspecified atom stereocenters. The second kappa shape index (κ2) is 11.3. The number of carbonyl (C=O) groups excluding carboxylic acids is 1. The van der Waals surface area contributed by atoms with Crippen LogP contribution in [0.15, 0.2) is 48.5 Å². The number of amides is 1. The van der Waals surface area contributed by atoms with Crippen LogP contribution in [0.5, 0.6) is 5.75 Å². The molecule has 2 aromatic carbocycles. The van der Waals surface area contributed by atoms with Crippen LogP contribution in [0.25, 0.3) is 0 Å². The number of aromatic nitrogens is 2. The number of benzene rings is 2. The van der Waals surface area contributed by atoms with E-state index in [4.69, 9.17) is 16.3 Å². The number of nitrogens with one attached hydrogen (secondary N) is 2. The zero-order valence-corrected chi connectivity index (χ0v) is 20.7. The molecule has 7 heteroatoms. The van der Waals surface area contributed by atoms with Gasteiger partial charge in [-0.05, 0) is 54.8 Å². The number of carbonyl (C=O) groups is 1. The van der Waals surface area contributed by atoms with Gasteiger partial charge in [0.15, 0.2) is 5.69 Å². The van der Waals surface area contributed by atoms with Crippen molar-refractivity contribution in [1.82, 2.24) is 15.1 Å². The summed E-state index contributed by atoms with van der Waals surface area (Å²) in [6.45, 7) is 12.2. The molecule has 0 atom stereocenters. The second-order valence-electron chi connectivity index (χ2n) is 8.97. The molecule has 0 radical (unpaired) electrons. The zero-order valence-electron chi connectivity index (χ0n) is 20.0. The van der Waals surface area contributed by atoms with Crippen LogP contribution in [0.2, 0.25) is 5.02 Å². The van der Waals surface area contributed by atoms with Crippen molar-refractivity contribution in [3.63, 3.8) is 0 Å². The average Bonchev–Trinajstić information content (AvgIpc) is 3.13. The summed E-state index contributed by atoms with van der Waals surface area (Å²) in [5, 5.41) is 11.5. The fourth-order valence-electron chi connectivity index (χ4n) is 3.23. The first-order valence-electron chi connectivity index (χ1n) is 11.3. The van der Waals surface area contributed by atoms with Crippen molar-refractivity contribution in [1.29, 1.82) is 0 Å². The monoisotopic (exact) mass is 468 g/mol. The maximum Gasteiger partial charge on any atom is 0.276 e. The minimum absolute atomic E-state index is 0.243. The summed E-state index contributed by atoms with van der Waals surface area (Å²) in [4.78, 5) is 12.8. The molecule has 0 spiro atoms. The van der Waals surface area contributed by atoms with E-state index in [-0.39, 0.29) is 5.91 Å². The Morgan fingerprint density at radius 1 is 1.09 bits per heavy atom. The van der Waals surface area contributed by atoms with Crippen LogP contribution in [-0.4, -0.2) is 28.3 Å². The summed E-state index contributed by atoms with van der Waals surface area (Å²) in [7, 11) is 0. The van der Waals surface area contributed by atoms with Gasteiger partial charge in [0.2, 0.25) is 0 Å². The van der Waals surface area contributed by atoms with Crippen LogP contribution in [0, 0.1) is 12.8 Å². The lowest BCUT2D eigenvalue weighted by Crippen LogP contribution is -2.21. The molecule has 3 rings (SSSR count). The third kappa shape index (κ3) is 7.34. The van der Waals surface area contributed by atoms with Gasteiger partial charge in [-0.1, -0.05) is 51.4 Å². The summed E-state index contributed by atoms with van der Waals surface area (Å²) >= 11 is 6.22. The minimum atomic E-state index is -0.243. The predicted octanol–water partition coefficient (Wildman–Crippen LogP) is 5.68. The SMILES string of the molecule is Cc1cc(C(=O)Nc2ccc(CNC(C)C)cc2)nn1Cc1cc(Cl)ccc1OCC(C)C. The highest BCUT2D eigenvalue weighted by Crippen LogP contribution is 2.25. The second-order valence-corrected chi connectivity index (χ2v) is 9.41. The quantitative estimate of drug-likeness (QED) is 0.401. The van der Waals surface area contributed by atoms with Crippen LogP contribution in [0.1, 0.15) is 55.0 Å². The van der Waals surface area contributed by atoms with Crippen molar-refractivity contribution in [2.24, 2.45) is 5.92 Å².